The molecule has 2 N–H and O–H groups in total. The van der Waals surface area contributed by atoms with Crippen molar-refractivity contribution in [1.29, 1.82) is 0 Å². The first-order valence-corrected chi connectivity index (χ1v) is 7.64. The SMILES string of the molecule is CCc1ccccc1C(=O)NCC1NCCCC1(C)C. The van der Waals surface area contributed by atoms with E-state index in [4.69, 9.17) is 0 Å². The Hall–Kier alpha value is -1.35. The van der Waals surface area contributed by atoms with Crippen molar-refractivity contribution in [3.63, 3.8) is 0 Å². The van der Waals surface area contributed by atoms with Gasteiger partial charge >= 0.3 is 0 Å². The second-order valence-electron chi connectivity index (χ2n) is 6.32. The van der Waals surface area contributed by atoms with Crippen LogP contribution in [0, 0.1) is 5.41 Å². The van der Waals surface area contributed by atoms with Gasteiger partial charge in [-0.25, -0.2) is 0 Å². The Bertz CT molecular complexity index is 468. The number of hydrogen-bond acceptors (Lipinski definition) is 2. The van der Waals surface area contributed by atoms with E-state index in [-0.39, 0.29) is 11.3 Å². The van der Waals surface area contributed by atoms with E-state index in [1.165, 1.54) is 12.8 Å². The average Bonchev–Trinajstić information content (AvgIpc) is 2.45. The number of rotatable bonds is 4. The van der Waals surface area contributed by atoms with E-state index in [1.807, 2.05) is 24.3 Å². The molecule has 20 heavy (non-hydrogen) atoms. The van der Waals surface area contributed by atoms with Crippen LogP contribution in [0.2, 0.25) is 0 Å². The van der Waals surface area contributed by atoms with Gasteiger partial charge in [0, 0.05) is 18.2 Å². The van der Waals surface area contributed by atoms with Crippen LogP contribution in [0.4, 0.5) is 0 Å². The van der Waals surface area contributed by atoms with Crippen molar-refractivity contribution < 1.29 is 4.79 Å². The van der Waals surface area contributed by atoms with Crippen LogP contribution in [0.25, 0.3) is 0 Å². The third-order valence-corrected chi connectivity index (χ3v) is 4.44. The molecule has 1 aromatic rings. The van der Waals surface area contributed by atoms with Crippen molar-refractivity contribution in [2.75, 3.05) is 13.1 Å². The van der Waals surface area contributed by atoms with Crippen LogP contribution < -0.4 is 10.6 Å². The topological polar surface area (TPSA) is 41.1 Å². The third-order valence-electron chi connectivity index (χ3n) is 4.44. The van der Waals surface area contributed by atoms with E-state index in [9.17, 15) is 4.79 Å². The van der Waals surface area contributed by atoms with E-state index < -0.39 is 0 Å². The minimum atomic E-state index is 0.0469. The highest BCUT2D eigenvalue weighted by Gasteiger charge is 2.32. The molecule has 1 aliphatic heterocycles. The second kappa shape index (κ2) is 6.40. The van der Waals surface area contributed by atoms with E-state index >= 15 is 0 Å². The summed E-state index contributed by atoms with van der Waals surface area (Å²) in [5.41, 5.74) is 2.17. The monoisotopic (exact) mass is 274 g/mol. The lowest BCUT2D eigenvalue weighted by Crippen LogP contribution is -2.52. The van der Waals surface area contributed by atoms with E-state index in [1.54, 1.807) is 0 Å². The number of nitrogens with one attached hydrogen (secondary N) is 2. The van der Waals surface area contributed by atoms with Crippen LogP contribution in [-0.4, -0.2) is 25.0 Å². The second-order valence-corrected chi connectivity index (χ2v) is 6.32. The molecule has 0 aliphatic carbocycles. The summed E-state index contributed by atoms with van der Waals surface area (Å²) in [6.45, 7) is 8.38. The predicted octanol–water partition coefficient (Wildman–Crippen LogP) is 2.76. The van der Waals surface area contributed by atoms with Gasteiger partial charge in [0.15, 0.2) is 0 Å². The number of benzene rings is 1. The fourth-order valence-corrected chi connectivity index (χ4v) is 2.96. The first-order valence-electron chi connectivity index (χ1n) is 7.64. The molecule has 1 aliphatic rings. The molecule has 110 valence electrons. The Morgan fingerprint density at radius 2 is 2.15 bits per heavy atom. The first kappa shape index (κ1) is 15.0. The van der Waals surface area contributed by atoms with Crippen molar-refractivity contribution in [2.24, 2.45) is 5.41 Å². The fraction of sp³-hybridized carbons (Fsp3) is 0.588. The Labute approximate surface area is 122 Å². The predicted molar refractivity (Wildman–Crippen MR) is 83.0 cm³/mol. The maximum atomic E-state index is 12.3. The molecule has 0 saturated carbocycles. The molecule has 3 heteroatoms. The molecule has 1 heterocycles. The molecule has 1 atom stereocenters. The Morgan fingerprint density at radius 3 is 2.85 bits per heavy atom. The zero-order valence-corrected chi connectivity index (χ0v) is 12.8. The molecule has 2 rings (SSSR count). The Balaban J connectivity index is 1.98. The summed E-state index contributed by atoms with van der Waals surface area (Å²) in [6, 6.07) is 8.21. The summed E-state index contributed by atoms with van der Waals surface area (Å²) in [7, 11) is 0. The molecule has 0 radical (unpaired) electrons. The van der Waals surface area contributed by atoms with Crippen LogP contribution in [0.3, 0.4) is 0 Å². The van der Waals surface area contributed by atoms with E-state index in [0.29, 0.717) is 12.6 Å². The molecule has 1 aromatic carbocycles. The van der Waals surface area contributed by atoms with Crippen LogP contribution in [0.15, 0.2) is 24.3 Å². The average molecular weight is 274 g/mol. The molecule has 3 nitrogen and oxygen atoms in total. The van der Waals surface area contributed by atoms with Gasteiger partial charge in [-0.05, 0) is 42.9 Å². The molecular weight excluding hydrogens is 248 g/mol. The quantitative estimate of drug-likeness (QED) is 0.886. The zero-order chi connectivity index (χ0) is 14.6. The third kappa shape index (κ3) is 3.40. The van der Waals surface area contributed by atoms with Crippen molar-refractivity contribution >= 4 is 5.91 Å². The highest BCUT2D eigenvalue weighted by Crippen LogP contribution is 2.29. The van der Waals surface area contributed by atoms with Crippen LogP contribution in [0.5, 0.6) is 0 Å². The Morgan fingerprint density at radius 1 is 1.40 bits per heavy atom. The van der Waals surface area contributed by atoms with Gasteiger partial charge in [-0.2, -0.15) is 0 Å². The van der Waals surface area contributed by atoms with Crippen LogP contribution >= 0.6 is 0 Å². The summed E-state index contributed by atoms with van der Waals surface area (Å²) in [4.78, 5) is 12.3. The van der Waals surface area contributed by atoms with Crippen LogP contribution in [0.1, 0.15) is 49.5 Å². The highest BCUT2D eigenvalue weighted by atomic mass is 16.1. The number of piperidine rings is 1. The normalized spacial score (nSPS) is 21.4. The van der Waals surface area contributed by atoms with E-state index in [2.05, 4.69) is 31.4 Å². The lowest BCUT2D eigenvalue weighted by atomic mass is 9.77. The van der Waals surface area contributed by atoms with Gasteiger partial charge in [-0.3, -0.25) is 4.79 Å². The molecule has 1 unspecified atom stereocenters. The highest BCUT2D eigenvalue weighted by molar-refractivity contribution is 5.95. The van der Waals surface area contributed by atoms with Gasteiger partial charge in [0.1, 0.15) is 0 Å². The van der Waals surface area contributed by atoms with Crippen molar-refractivity contribution in [3.05, 3.63) is 35.4 Å². The summed E-state index contributed by atoms with van der Waals surface area (Å²) in [6.07, 6.45) is 3.32. The molecule has 0 bridgehead atoms. The minimum absolute atomic E-state index is 0.0469. The number of hydrogen-bond donors (Lipinski definition) is 2. The molecular formula is C17H26N2O. The van der Waals surface area contributed by atoms with Gasteiger partial charge in [0.05, 0.1) is 0 Å². The van der Waals surface area contributed by atoms with Gasteiger partial charge < -0.3 is 10.6 Å². The Kier molecular flexibility index (Phi) is 4.81. The summed E-state index contributed by atoms with van der Waals surface area (Å²) in [5, 5.41) is 6.63. The number of amides is 1. The van der Waals surface area contributed by atoms with Crippen molar-refractivity contribution in [1.82, 2.24) is 10.6 Å². The zero-order valence-electron chi connectivity index (χ0n) is 12.8. The van der Waals surface area contributed by atoms with Gasteiger partial charge in [-0.1, -0.05) is 39.0 Å². The molecule has 1 fully saturated rings. The number of aryl methyl sites for hydroxylation is 1. The minimum Gasteiger partial charge on any atom is -0.350 e. The standard InChI is InChI=1S/C17H26N2O/c1-4-13-8-5-6-9-14(13)16(20)19-12-15-17(2,3)10-7-11-18-15/h5-6,8-9,15,18H,4,7,10-12H2,1-3H3,(H,19,20). The number of carbonyl (C=O) groups excluding carboxylic acids is 1. The summed E-state index contributed by atoms with van der Waals surface area (Å²) < 4.78 is 0. The fourth-order valence-electron chi connectivity index (χ4n) is 2.96. The maximum absolute atomic E-state index is 12.3. The largest absolute Gasteiger partial charge is 0.350 e. The summed E-state index contributed by atoms with van der Waals surface area (Å²) >= 11 is 0. The molecule has 1 amide bonds. The summed E-state index contributed by atoms with van der Waals surface area (Å²) in [5.74, 6) is 0.0469. The van der Waals surface area contributed by atoms with Crippen molar-refractivity contribution in [2.45, 2.75) is 46.1 Å². The van der Waals surface area contributed by atoms with Crippen molar-refractivity contribution in [3.8, 4) is 0 Å². The molecule has 0 aromatic heterocycles. The van der Waals surface area contributed by atoms with Gasteiger partial charge in [0.2, 0.25) is 0 Å². The maximum Gasteiger partial charge on any atom is 0.251 e. The van der Waals surface area contributed by atoms with E-state index in [0.717, 1.165) is 24.1 Å². The number of carbonyl (C=O) groups is 1. The smallest absolute Gasteiger partial charge is 0.251 e. The van der Waals surface area contributed by atoms with Crippen LogP contribution in [-0.2, 0) is 6.42 Å². The lowest BCUT2D eigenvalue weighted by molar-refractivity contribution is 0.0928. The first-order chi connectivity index (χ1) is 9.54. The van der Waals surface area contributed by atoms with Gasteiger partial charge in [-0.15, -0.1) is 0 Å². The molecule has 1 saturated heterocycles. The molecule has 0 spiro atoms. The van der Waals surface area contributed by atoms with Gasteiger partial charge in [0.25, 0.3) is 5.91 Å². The lowest BCUT2D eigenvalue weighted by Gasteiger charge is -2.39.